The van der Waals surface area contributed by atoms with Crippen molar-refractivity contribution in [2.24, 2.45) is 0 Å². The molecule has 0 aliphatic carbocycles. The lowest BCUT2D eigenvalue weighted by Crippen LogP contribution is -2.47. The molecule has 0 unspecified atom stereocenters. The minimum atomic E-state index is -0.680. The number of benzene rings is 1. The molecule has 0 radical (unpaired) electrons. The maximum atomic E-state index is 13.0. The van der Waals surface area contributed by atoms with Crippen LogP contribution in [-0.4, -0.2) is 35.1 Å². The summed E-state index contributed by atoms with van der Waals surface area (Å²) in [5.74, 6) is -0.860. The van der Waals surface area contributed by atoms with Crippen molar-refractivity contribution in [1.82, 2.24) is 4.90 Å². The predicted octanol–water partition coefficient (Wildman–Crippen LogP) is 1.25. The Labute approximate surface area is 99.8 Å². The Bertz CT molecular complexity index is 433. The number of rotatable bonds is 3. The van der Waals surface area contributed by atoms with Gasteiger partial charge in [0.15, 0.2) is 0 Å². The summed E-state index contributed by atoms with van der Waals surface area (Å²) in [4.78, 5) is 13.5. The van der Waals surface area contributed by atoms with Crippen LogP contribution in [0.1, 0.15) is 24.2 Å². The number of nitrogens with two attached hydrogens (primary N) is 1. The molecule has 1 aromatic rings. The highest BCUT2D eigenvalue weighted by Gasteiger charge is 2.27. The first kappa shape index (κ1) is 13.4. The SMILES string of the molecule is CN(C(=O)c1ccc(F)c(N)c1)C(C)(C)CO. The van der Waals surface area contributed by atoms with Crippen LogP contribution in [0.25, 0.3) is 0 Å². The first-order valence-corrected chi connectivity index (χ1v) is 5.23. The van der Waals surface area contributed by atoms with Crippen LogP contribution < -0.4 is 5.73 Å². The number of amides is 1. The highest BCUT2D eigenvalue weighted by molar-refractivity contribution is 5.95. The Balaban J connectivity index is 3.01. The van der Waals surface area contributed by atoms with Crippen molar-refractivity contribution in [2.45, 2.75) is 19.4 Å². The second-order valence-electron chi connectivity index (χ2n) is 4.57. The Morgan fingerprint density at radius 1 is 1.53 bits per heavy atom. The van der Waals surface area contributed by atoms with Crippen molar-refractivity contribution in [2.75, 3.05) is 19.4 Å². The summed E-state index contributed by atoms with van der Waals surface area (Å²) in [6, 6.07) is 3.82. The summed E-state index contributed by atoms with van der Waals surface area (Å²) < 4.78 is 13.0. The summed E-state index contributed by atoms with van der Waals surface area (Å²) >= 11 is 0. The Morgan fingerprint density at radius 3 is 2.59 bits per heavy atom. The first-order valence-electron chi connectivity index (χ1n) is 5.23. The molecule has 0 atom stereocenters. The van der Waals surface area contributed by atoms with Gasteiger partial charge in [0.2, 0.25) is 0 Å². The fourth-order valence-corrected chi connectivity index (χ4v) is 1.25. The van der Waals surface area contributed by atoms with E-state index in [1.54, 1.807) is 20.9 Å². The summed E-state index contributed by atoms with van der Waals surface area (Å²) in [5, 5.41) is 9.18. The lowest BCUT2D eigenvalue weighted by atomic mass is 10.0. The van der Waals surface area contributed by atoms with Crippen molar-refractivity contribution in [1.29, 1.82) is 0 Å². The van der Waals surface area contributed by atoms with Gasteiger partial charge in [-0.25, -0.2) is 4.39 Å². The quantitative estimate of drug-likeness (QED) is 0.781. The van der Waals surface area contributed by atoms with Crippen molar-refractivity contribution < 1.29 is 14.3 Å². The van der Waals surface area contributed by atoms with Crippen LogP contribution in [0.5, 0.6) is 0 Å². The molecule has 0 aliphatic heterocycles. The molecule has 1 amide bonds. The van der Waals surface area contributed by atoms with E-state index in [-0.39, 0.29) is 18.2 Å². The molecule has 0 bridgehead atoms. The van der Waals surface area contributed by atoms with Gasteiger partial charge in [0.25, 0.3) is 5.91 Å². The highest BCUT2D eigenvalue weighted by atomic mass is 19.1. The van der Waals surface area contributed by atoms with E-state index >= 15 is 0 Å². The maximum absolute atomic E-state index is 13.0. The average molecular weight is 240 g/mol. The van der Waals surface area contributed by atoms with E-state index in [1.807, 2.05) is 0 Å². The maximum Gasteiger partial charge on any atom is 0.254 e. The van der Waals surface area contributed by atoms with Crippen LogP contribution in [0.3, 0.4) is 0 Å². The largest absolute Gasteiger partial charge is 0.396 e. The molecule has 0 aliphatic rings. The van der Waals surface area contributed by atoms with Crippen LogP contribution >= 0.6 is 0 Å². The van der Waals surface area contributed by atoms with Crippen molar-refractivity contribution in [3.63, 3.8) is 0 Å². The van der Waals surface area contributed by atoms with E-state index in [1.165, 1.54) is 17.0 Å². The van der Waals surface area contributed by atoms with E-state index in [0.29, 0.717) is 5.56 Å². The van der Waals surface area contributed by atoms with Gasteiger partial charge in [-0.1, -0.05) is 0 Å². The van der Waals surface area contributed by atoms with E-state index in [2.05, 4.69) is 0 Å². The minimum absolute atomic E-state index is 0.0638. The smallest absolute Gasteiger partial charge is 0.254 e. The van der Waals surface area contributed by atoms with E-state index in [0.717, 1.165) is 6.07 Å². The second kappa shape index (κ2) is 4.71. The van der Waals surface area contributed by atoms with Crippen LogP contribution in [0.15, 0.2) is 18.2 Å². The third kappa shape index (κ3) is 2.74. The van der Waals surface area contributed by atoms with Gasteiger partial charge in [-0.2, -0.15) is 0 Å². The zero-order valence-corrected chi connectivity index (χ0v) is 10.2. The number of nitrogen functional groups attached to an aromatic ring is 1. The minimum Gasteiger partial charge on any atom is -0.396 e. The molecule has 0 aromatic heterocycles. The van der Waals surface area contributed by atoms with Gasteiger partial charge in [-0.05, 0) is 32.0 Å². The standard InChI is InChI=1S/C12H17FN2O2/c1-12(2,7-16)15(3)11(17)8-4-5-9(13)10(14)6-8/h4-6,16H,7,14H2,1-3H3. The molecule has 1 aromatic carbocycles. The molecule has 4 nitrogen and oxygen atoms in total. The number of likely N-dealkylation sites (N-methyl/N-ethyl adjacent to an activating group) is 1. The third-order valence-corrected chi connectivity index (χ3v) is 2.84. The number of carbonyl (C=O) groups is 1. The molecular weight excluding hydrogens is 223 g/mol. The van der Waals surface area contributed by atoms with Crippen LogP contribution in [0, 0.1) is 5.82 Å². The molecule has 0 saturated heterocycles. The monoisotopic (exact) mass is 240 g/mol. The van der Waals surface area contributed by atoms with Gasteiger partial charge < -0.3 is 15.7 Å². The van der Waals surface area contributed by atoms with Gasteiger partial charge in [0.05, 0.1) is 17.8 Å². The van der Waals surface area contributed by atoms with E-state index in [4.69, 9.17) is 5.73 Å². The molecule has 0 fully saturated rings. The van der Waals surface area contributed by atoms with Crippen LogP contribution in [0.2, 0.25) is 0 Å². The van der Waals surface area contributed by atoms with Gasteiger partial charge in [-0.15, -0.1) is 0 Å². The van der Waals surface area contributed by atoms with Gasteiger partial charge >= 0.3 is 0 Å². The summed E-state index contributed by atoms with van der Waals surface area (Å²) in [7, 11) is 1.58. The summed E-state index contributed by atoms with van der Waals surface area (Å²) in [5.41, 5.74) is 4.96. The third-order valence-electron chi connectivity index (χ3n) is 2.84. The number of nitrogens with zero attached hydrogens (tertiary/aromatic N) is 1. The topological polar surface area (TPSA) is 66.6 Å². The number of hydrogen-bond acceptors (Lipinski definition) is 3. The fraction of sp³-hybridized carbons (Fsp3) is 0.417. The molecule has 94 valence electrons. The molecule has 0 heterocycles. The van der Waals surface area contributed by atoms with Crippen molar-refractivity contribution in [3.05, 3.63) is 29.6 Å². The number of anilines is 1. The predicted molar refractivity (Wildman–Crippen MR) is 64.1 cm³/mol. The van der Waals surface area contributed by atoms with Crippen molar-refractivity contribution in [3.8, 4) is 0 Å². The Morgan fingerprint density at radius 2 is 2.12 bits per heavy atom. The van der Waals surface area contributed by atoms with Crippen molar-refractivity contribution >= 4 is 11.6 Å². The Kier molecular flexibility index (Phi) is 3.72. The number of aliphatic hydroxyl groups excluding tert-OH is 1. The number of carbonyl (C=O) groups excluding carboxylic acids is 1. The first-order chi connectivity index (χ1) is 7.79. The average Bonchev–Trinajstić information content (AvgIpc) is 2.30. The molecule has 5 heteroatoms. The molecule has 0 spiro atoms. The molecule has 3 N–H and O–H groups in total. The summed E-state index contributed by atoms with van der Waals surface area (Å²) in [6.07, 6.45) is 0. The zero-order valence-electron chi connectivity index (χ0n) is 10.2. The Hall–Kier alpha value is -1.62. The number of hydrogen-bond donors (Lipinski definition) is 2. The molecule has 0 saturated carbocycles. The van der Waals surface area contributed by atoms with Crippen LogP contribution in [-0.2, 0) is 0 Å². The fourth-order valence-electron chi connectivity index (χ4n) is 1.25. The summed E-state index contributed by atoms with van der Waals surface area (Å²) in [6.45, 7) is 3.31. The van der Waals surface area contributed by atoms with Crippen LogP contribution in [0.4, 0.5) is 10.1 Å². The molecular formula is C12H17FN2O2. The van der Waals surface area contributed by atoms with Gasteiger partial charge in [0, 0.05) is 12.6 Å². The van der Waals surface area contributed by atoms with Gasteiger partial charge in [-0.3, -0.25) is 4.79 Å². The van der Waals surface area contributed by atoms with E-state index in [9.17, 15) is 14.3 Å². The van der Waals surface area contributed by atoms with E-state index < -0.39 is 11.4 Å². The lowest BCUT2D eigenvalue weighted by molar-refractivity contribution is 0.0473. The molecule has 17 heavy (non-hydrogen) atoms. The number of halogens is 1. The normalized spacial score (nSPS) is 11.4. The lowest BCUT2D eigenvalue weighted by Gasteiger charge is -2.34. The number of aliphatic hydroxyl groups is 1. The second-order valence-corrected chi connectivity index (χ2v) is 4.57. The van der Waals surface area contributed by atoms with Gasteiger partial charge in [0.1, 0.15) is 5.82 Å². The highest BCUT2D eigenvalue weighted by Crippen LogP contribution is 2.18. The molecule has 1 rings (SSSR count). The zero-order chi connectivity index (χ0) is 13.2.